The van der Waals surface area contributed by atoms with Gasteiger partial charge in [-0.3, -0.25) is 4.68 Å². The minimum Gasteiger partial charge on any atom is -0.489 e. The zero-order valence-corrected chi connectivity index (χ0v) is 14.0. The lowest BCUT2D eigenvalue weighted by Crippen LogP contribution is -2.46. The van der Waals surface area contributed by atoms with Gasteiger partial charge in [-0.25, -0.2) is 4.79 Å². The fourth-order valence-electron chi connectivity index (χ4n) is 2.08. The molecule has 0 aliphatic heterocycles. The molecule has 2 N–H and O–H groups in total. The molecule has 6 heteroatoms. The number of aromatic nitrogens is 2. The predicted octanol–water partition coefficient (Wildman–Crippen LogP) is 2.38. The normalized spacial score (nSPS) is 13.2. The van der Waals surface area contributed by atoms with Crippen LogP contribution in [0.4, 0.5) is 4.79 Å². The molecule has 2 amide bonds. The molecular weight excluding hydrogens is 292 g/mol. The Kier molecular flexibility index (Phi) is 5.62. The fourth-order valence-corrected chi connectivity index (χ4v) is 2.08. The monoisotopic (exact) mass is 316 g/mol. The van der Waals surface area contributed by atoms with Gasteiger partial charge in [-0.15, -0.1) is 0 Å². The first-order valence-corrected chi connectivity index (χ1v) is 7.71. The van der Waals surface area contributed by atoms with Crippen molar-refractivity contribution in [2.75, 3.05) is 0 Å². The fraction of sp³-hybridized carbons (Fsp3) is 0.412. The third-order valence-corrected chi connectivity index (χ3v) is 3.90. The summed E-state index contributed by atoms with van der Waals surface area (Å²) in [5.74, 6) is 0.792. The summed E-state index contributed by atoms with van der Waals surface area (Å²) in [6.45, 7) is 6.28. The number of carbonyl (C=O) groups is 1. The Morgan fingerprint density at radius 2 is 2.00 bits per heavy atom. The van der Waals surface area contributed by atoms with Crippen LogP contribution in [0.15, 0.2) is 36.5 Å². The number of ether oxygens (including phenoxy) is 1. The van der Waals surface area contributed by atoms with Gasteiger partial charge in [0.1, 0.15) is 11.9 Å². The maximum absolute atomic E-state index is 12.0. The van der Waals surface area contributed by atoms with E-state index in [1.54, 1.807) is 10.9 Å². The van der Waals surface area contributed by atoms with Crippen molar-refractivity contribution in [3.63, 3.8) is 0 Å². The standard InChI is InChI=1S/C17H24N4O2/c1-12(14(3)23-16-8-6-5-7-9-16)20-17(22)18-10-15-11-19-21(4)13(15)2/h5-9,11-12,14H,10H2,1-4H3,(H2,18,20,22)/t12-,14+/m1/s1. The molecule has 2 aromatic rings. The van der Waals surface area contributed by atoms with Crippen molar-refractivity contribution in [2.24, 2.45) is 7.05 Å². The van der Waals surface area contributed by atoms with Crippen molar-refractivity contribution < 1.29 is 9.53 Å². The first kappa shape index (κ1) is 16.9. The van der Waals surface area contributed by atoms with E-state index < -0.39 is 0 Å². The highest BCUT2D eigenvalue weighted by molar-refractivity contribution is 5.74. The van der Waals surface area contributed by atoms with Crippen LogP contribution in [0.2, 0.25) is 0 Å². The molecule has 0 bridgehead atoms. The van der Waals surface area contributed by atoms with Gasteiger partial charge in [-0.1, -0.05) is 18.2 Å². The predicted molar refractivity (Wildman–Crippen MR) is 89.3 cm³/mol. The lowest BCUT2D eigenvalue weighted by atomic mass is 10.2. The van der Waals surface area contributed by atoms with Crippen LogP contribution in [0.3, 0.4) is 0 Å². The summed E-state index contributed by atoms with van der Waals surface area (Å²) >= 11 is 0. The summed E-state index contributed by atoms with van der Waals surface area (Å²) in [4.78, 5) is 12.0. The lowest BCUT2D eigenvalue weighted by Gasteiger charge is -2.22. The summed E-state index contributed by atoms with van der Waals surface area (Å²) < 4.78 is 7.59. The number of carbonyl (C=O) groups excluding carboxylic acids is 1. The summed E-state index contributed by atoms with van der Waals surface area (Å²) in [7, 11) is 1.88. The van der Waals surface area contributed by atoms with Crippen LogP contribution in [-0.4, -0.2) is 28.0 Å². The van der Waals surface area contributed by atoms with Crippen molar-refractivity contribution in [2.45, 2.75) is 39.5 Å². The van der Waals surface area contributed by atoms with Gasteiger partial charge in [0.25, 0.3) is 0 Å². The van der Waals surface area contributed by atoms with E-state index >= 15 is 0 Å². The lowest BCUT2D eigenvalue weighted by molar-refractivity contribution is 0.175. The maximum Gasteiger partial charge on any atom is 0.315 e. The van der Waals surface area contributed by atoms with Crippen molar-refractivity contribution in [3.05, 3.63) is 47.8 Å². The van der Waals surface area contributed by atoms with Crippen molar-refractivity contribution >= 4 is 6.03 Å². The van der Waals surface area contributed by atoms with Gasteiger partial charge in [0.15, 0.2) is 0 Å². The van der Waals surface area contributed by atoms with Gasteiger partial charge in [0.05, 0.1) is 12.2 Å². The highest BCUT2D eigenvalue weighted by atomic mass is 16.5. The number of nitrogens with zero attached hydrogens (tertiary/aromatic N) is 2. The third-order valence-electron chi connectivity index (χ3n) is 3.90. The number of urea groups is 1. The average Bonchev–Trinajstić information content (AvgIpc) is 2.85. The van der Waals surface area contributed by atoms with Crippen LogP contribution in [0.5, 0.6) is 5.75 Å². The molecule has 0 spiro atoms. The smallest absolute Gasteiger partial charge is 0.315 e. The van der Waals surface area contributed by atoms with Crippen molar-refractivity contribution in [3.8, 4) is 5.75 Å². The van der Waals surface area contributed by atoms with E-state index in [4.69, 9.17) is 4.74 Å². The molecule has 2 atom stereocenters. The number of aryl methyl sites for hydroxylation is 1. The van der Waals surface area contributed by atoms with Crippen LogP contribution >= 0.6 is 0 Å². The van der Waals surface area contributed by atoms with E-state index in [0.717, 1.165) is 17.0 Å². The molecule has 0 aliphatic carbocycles. The molecule has 0 saturated carbocycles. The highest BCUT2D eigenvalue weighted by Crippen LogP contribution is 2.12. The van der Waals surface area contributed by atoms with Crippen LogP contribution in [0, 0.1) is 6.92 Å². The number of benzene rings is 1. The minimum absolute atomic E-state index is 0.120. The molecule has 1 aromatic heterocycles. The first-order valence-electron chi connectivity index (χ1n) is 7.71. The Balaban J connectivity index is 1.78. The number of amides is 2. The number of hydrogen-bond donors (Lipinski definition) is 2. The summed E-state index contributed by atoms with van der Waals surface area (Å²) in [5.41, 5.74) is 2.04. The number of rotatable bonds is 6. The van der Waals surface area contributed by atoms with Crippen molar-refractivity contribution in [1.82, 2.24) is 20.4 Å². The Morgan fingerprint density at radius 1 is 1.30 bits per heavy atom. The third kappa shape index (κ3) is 4.74. The maximum atomic E-state index is 12.0. The molecule has 1 heterocycles. The average molecular weight is 316 g/mol. The second kappa shape index (κ2) is 7.67. The highest BCUT2D eigenvalue weighted by Gasteiger charge is 2.16. The molecule has 0 unspecified atom stereocenters. The van der Waals surface area contributed by atoms with Gasteiger partial charge < -0.3 is 15.4 Å². The van der Waals surface area contributed by atoms with E-state index in [2.05, 4.69) is 15.7 Å². The van der Waals surface area contributed by atoms with Crippen LogP contribution in [-0.2, 0) is 13.6 Å². The van der Waals surface area contributed by atoms with Gasteiger partial charge in [-0.05, 0) is 32.9 Å². The van der Waals surface area contributed by atoms with Crippen LogP contribution in [0.25, 0.3) is 0 Å². The van der Waals surface area contributed by atoms with Crippen LogP contribution < -0.4 is 15.4 Å². The molecule has 0 saturated heterocycles. The molecule has 0 aliphatic rings. The van der Waals surface area contributed by atoms with E-state index in [-0.39, 0.29) is 18.2 Å². The van der Waals surface area contributed by atoms with Gasteiger partial charge in [0.2, 0.25) is 0 Å². The summed E-state index contributed by atoms with van der Waals surface area (Å²) in [6.07, 6.45) is 1.63. The molecule has 0 radical (unpaired) electrons. The quantitative estimate of drug-likeness (QED) is 0.860. The number of para-hydroxylation sites is 1. The Morgan fingerprint density at radius 3 is 2.61 bits per heavy atom. The van der Waals surface area contributed by atoms with E-state index in [1.807, 2.05) is 58.2 Å². The first-order chi connectivity index (χ1) is 11.0. The molecule has 0 fully saturated rings. The molecule has 1 aromatic carbocycles. The molecule has 6 nitrogen and oxygen atoms in total. The number of hydrogen-bond acceptors (Lipinski definition) is 3. The van der Waals surface area contributed by atoms with E-state index in [0.29, 0.717) is 6.54 Å². The largest absolute Gasteiger partial charge is 0.489 e. The van der Waals surface area contributed by atoms with Crippen molar-refractivity contribution in [1.29, 1.82) is 0 Å². The Labute approximate surface area is 136 Å². The summed E-state index contributed by atoms with van der Waals surface area (Å²) in [5, 5.41) is 9.89. The Bertz CT molecular complexity index is 639. The number of nitrogens with one attached hydrogen (secondary N) is 2. The second-order valence-electron chi connectivity index (χ2n) is 5.63. The molecule has 124 valence electrons. The van der Waals surface area contributed by atoms with E-state index in [9.17, 15) is 4.79 Å². The zero-order valence-electron chi connectivity index (χ0n) is 14.0. The topological polar surface area (TPSA) is 68.2 Å². The van der Waals surface area contributed by atoms with Crippen LogP contribution in [0.1, 0.15) is 25.1 Å². The van der Waals surface area contributed by atoms with Gasteiger partial charge in [-0.2, -0.15) is 5.10 Å². The minimum atomic E-state index is -0.218. The molecule has 2 rings (SSSR count). The Hall–Kier alpha value is -2.50. The van der Waals surface area contributed by atoms with Gasteiger partial charge >= 0.3 is 6.03 Å². The van der Waals surface area contributed by atoms with Gasteiger partial charge in [0, 0.05) is 24.8 Å². The summed E-state index contributed by atoms with van der Waals surface area (Å²) in [6, 6.07) is 9.23. The molecular formula is C17H24N4O2. The molecule has 23 heavy (non-hydrogen) atoms. The zero-order chi connectivity index (χ0) is 16.8. The van der Waals surface area contributed by atoms with E-state index in [1.165, 1.54) is 0 Å². The SMILES string of the molecule is Cc1c(CNC(=O)N[C@H](C)[C@H](C)Oc2ccccc2)cnn1C. The second-order valence-corrected chi connectivity index (χ2v) is 5.63.